The molecule has 1 aliphatic carbocycles. The van der Waals surface area contributed by atoms with E-state index in [0.717, 1.165) is 18.4 Å². The van der Waals surface area contributed by atoms with Crippen molar-refractivity contribution in [3.63, 3.8) is 0 Å². The van der Waals surface area contributed by atoms with Gasteiger partial charge < -0.3 is 0 Å². The van der Waals surface area contributed by atoms with E-state index in [1.807, 2.05) is 19.9 Å². The van der Waals surface area contributed by atoms with Crippen molar-refractivity contribution in [2.45, 2.75) is 47.5 Å². The van der Waals surface area contributed by atoms with E-state index in [1.54, 1.807) is 0 Å². The molecule has 1 heteroatoms. The lowest BCUT2D eigenvalue weighted by molar-refractivity contribution is -0.121. The van der Waals surface area contributed by atoms with E-state index in [2.05, 4.69) is 26.8 Å². The molecule has 0 saturated carbocycles. The van der Waals surface area contributed by atoms with Crippen LogP contribution in [0.1, 0.15) is 47.5 Å². The first-order valence-corrected chi connectivity index (χ1v) is 5.74. The number of carbonyl (C=O) groups is 1. The second-order valence-electron chi connectivity index (χ2n) is 5.24. The average molecular weight is 206 g/mol. The van der Waals surface area contributed by atoms with Gasteiger partial charge in [-0.05, 0) is 44.6 Å². The van der Waals surface area contributed by atoms with Gasteiger partial charge in [-0.2, -0.15) is 0 Å². The van der Waals surface area contributed by atoms with Gasteiger partial charge in [0.25, 0.3) is 0 Å². The lowest BCUT2D eigenvalue weighted by Gasteiger charge is -2.37. The van der Waals surface area contributed by atoms with E-state index in [9.17, 15) is 4.79 Å². The first-order chi connectivity index (χ1) is 6.90. The Balaban J connectivity index is 3.05. The van der Waals surface area contributed by atoms with Crippen LogP contribution in [-0.4, -0.2) is 5.78 Å². The van der Waals surface area contributed by atoms with Crippen molar-refractivity contribution in [2.75, 3.05) is 0 Å². The Hall–Kier alpha value is -0.850. The Morgan fingerprint density at radius 1 is 1.53 bits per heavy atom. The fraction of sp³-hybridized carbons (Fsp3) is 0.643. The highest BCUT2D eigenvalue weighted by Gasteiger charge is 2.37. The van der Waals surface area contributed by atoms with Crippen molar-refractivity contribution in [1.29, 1.82) is 0 Å². The minimum Gasteiger partial charge on any atom is -0.294 e. The maximum absolute atomic E-state index is 12.2. The zero-order valence-electron chi connectivity index (χ0n) is 10.6. The van der Waals surface area contributed by atoms with Gasteiger partial charge in [0.2, 0.25) is 0 Å². The summed E-state index contributed by atoms with van der Waals surface area (Å²) >= 11 is 0. The van der Waals surface area contributed by atoms with E-state index in [-0.39, 0.29) is 11.3 Å². The van der Waals surface area contributed by atoms with Gasteiger partial charge in [-0.3, -0.25) is 4.79 Å². The SMILES string of the molecule is CC=C(C)C(=O)C1C(C)=CCCC1(C)C. The van der Waals surface area contributed by atoms with E-state index in [1.165, 1.54) is 5.57 Å². The molecule has 1 unspecified atom stereocenters. The Kier molecular flexibility index (Phi) is 3.54. The highest BCUT2D eigenvalue weighted by molar-refractivity contribution is 5.98. The van der Waals surface area contributed by atoms with E-state index >= 15 is 0 Å². The van der Waals surface area contributed by atoms with Crippen molar-refractivity contribution >= 4 is 5.78 Å². The molecule has 0 aromatic heterocycles. The summed E-state index contributed by atoms with van der Waals surface area (Å²) in [6.45, 7) is 10.3. The van der Waals surface area contributed by atoms with Crippen molar-refractivity contribution < 1.29 is 4.79 Å². The van der Waals surface area contributed by atoms with E-state index < -0.39 is 0 Å². The largest absolute Gasteiger partial charge is 0.294 e. The number of hydrogen-bond acceptors (Lipinski definition) is 1. The maximum atomic E-state index is 12.2. The Morgan fingerprint density at radius 3 is 2.60 bits per heavy atom. The molecule has 84 valence electrons. The van der Waals surface area contributed by atoms with Crippen LogP contribution in [0.15, 0.2) is 23.3 Å². The molecular weight excluding hydrogens is 184 g/mol. The predicted octanol–water partition coefficient (Wildman–Crippen LogP) is 3.90. The van der Waals surface area contributed by atoms with Crippen LogP contribution in [0.2, 0.25) is 0 Å². The monoisotopic (exact) mass is 206 g/mol. The number of ketones is 1. The van der Waals surface area contributed by atoms with Crippen LogP contribution in [-0.2, 0) is 4.79 Å². The lowest BCUT2D eigenvalue weighted by atomic mass is 9.66. The molecule has 15 heavy (non-hydrogen) atoms. The zero-order chi connectivity index (χ0) is 11.6. The first-order valence-electron chi connectivity index (χ1n) is 5.74. The number of rotatable bonds is 2. The van der Waals surface area contributed by atoms with Crippen LogP contribution >= 0.6 is 0 Å². The smallest absolute Gasteiger partial charge is 0.165 e. The van der Waals surface area contributed by atoms with Gasteiger partial charge in [0.15, 0.2) is 5.78 Å². The standard InChI is InChI=1S/C14H22O/c1-6-10(2)13(15)12-11(3)8-7-9-14(12,4)5/h6,8,12H,7,9H2,1-5H3. The third kappa shape index (κ3) is 2.39. The van der Waals surface area contributed by atoms with Crippen molar-refractivity contribution in [3.05, 3.63) is 23.3 Å². The second kappa shape index (κ2) is 4.34. The summed E-state index contributed by atoms with van der Waals surface area (Å²) < 4.78 is 0. The minimum atomic E-state index is 0.0856. The Morgan fingerprint density at radius 2 is 2.13 bits per heavy atom. The summed E-state index contributed by atoms with van der Waals surface area (Å²) in [5.74, 6) is 0.387. The zero-order valence-corrected chi connectivity index (χ0v) is 10.6. The molecule has 0 fully saturated rings. The van der Waals surface area contributed by atoms with Crippen LogP contribution in [0.3, 0.4) is 0 Å². The van der Waals surface area contributed by atoms with Crippen LogP contribution in [0, 0.1) is 11.3 Å². The molecule has 1 atom stereocenters. The molecule has 0 saturated heterocycles. The summed E-state index contributed by atoms with van der Waals surface area (Å²) in [7, 11) is 0. The predicted molar refractivity (Wildman–Crippen MR) is 64.7 cm³/mol. The lowest BCUT2D eigenvalue weighted by Crippen LogP contribution is -2.34. The second-order valence-corrected chi connectivity index (χ2v) is 5.24. The minimum absolute atomic E-state index is 0.0856. The molecule has 0 aromatic carbocycles. The quantitative estimate of drug-likeness (QED) is 0.494. The summed E-state index contributed by atoms with van der Waals surface area (Å²) in [4.78, 5) is 12.2. The van der Waals surface area contributed by atoms with Gasteiger partial charge >= 0.3 is 0 Å². The Bertz CT molecular complexity index is 318. The summed E-state index contributed by atoms with van der Waals surface area (Å²) in [5.41, 5.74) is 2.25. The van der Waals surface area contributed by atoms with Gasteiger partial charge in [-0.15, -0.1) is 0 Å². The molecule has 0 spiro atoms. The van der Waals surface area contributed by atoms with Crippen molar-refractivity contribution in [1.82, 2.24) is 0 Å². The summed E-state index contributed by atoms with van der Waals surface area (Å²) in [6.07, 6.45) is 6.35. The normalized spacial score (nSPS) is 26.1. The van der Waals surface area contributed by atoms with E-state index in [4.69, 9.17) is 0 Å². The molecule has 1 nitrogen and oxygen atoms in total. The number of hydrogen-bond donors (Lipinski definition) is 0. The van der Waals surface area contributed by atoms with Crippen molar-refractivity contribution in [3.8, 4) is 0 Å². The summed E-state index contributed by atoms with van der Waals surface area (Å²) in [5, 5.41) is 0. The molecule has 0 amide bonds. The van der Waals surface area contributed by atoms with E-state index in [0.29, 0.717) is 5.78 Å². The molecule has 1 aliphatic rings. The number of Topliss-reactive ketones (excluding diaryl/α,β-unsaturated/α-hetero) is 1. The first kappa shape index (κ1) is 12.2. The fourth-order valence-corrected chi connectivity index (χ4v) is 2.48. The van der Waals surface area contributed by atoms with Crippen LogP contribution in [0.25, 0.3) is 0 Å². The number of carbonyl (C=O) groups excluding carboxylic acids is 1. The summed E-state index contributed by atoms with van der Waals surface area (Å²) in [6, 6.07) is 0. The average Bonchev–Trinajstić information content (AvgIpc) is 2.14. The highest BCUT2D eigenvalue weighted by atomic mass is 16.1. The molecule has 0 heterocycles. The molecule has 1 rings (SSSR count). The van der Waals surface area contributed by atoms with Crippen LogP contribution in [0.4, 0.5) is 0 Å². The molecule has 0 bridgehead atoms. The molecular formula is C14H22O. The Labute approximate surface area is 93.3 Å². The molecule has 0 N–H and O–H groups in total. The fourth-order valence-electron chi connectivity index (χ4n) is 2.48. The number of allylic oxidation sites excluding steroid dienone is 4. The third-order valence-electron chi connectivity index (χ3n) is 3.58. The highest BCUT2D eigenvalue weighted by Crippen LogP contribution is 2.42. The molecule has 0 radical (unpaired) electrons. The van der Waals surface area contributed by atoms with Gasteiger partial charge in [0.1, 0.15) is 0 Å². The van der Waals surface area contributed by atoms with Gasteiger partial charge in [-0.25, -0.2) is 0 Å². The van der Waals surface area contributed by atoms with Crippen LogP contribution in [0.5, 0.6) is 0 Å². The van der Waals surface area contributed by atoms with Gasteiger partial charge in [-0.1, -0.05) is 31.6 Å². The third-order valence-corrected chi connectivity index (χ3v) is 3.58. The van der Waals surface area contributed by atoms with Crippen molar-refractivity contribution in [2.24, 2.45) is 11.3 Å². The molecule has 0 aromatic rings. The topological polar surface area (TPSA) is 17.1 Å². The maximum Gasteiger partial charge on any atom is 0.165 e. The molecule has 0 aliphatic heterocycles. The van der Waals surface area contributed by atoms with Crippen LogP contribution < -0.4 is 0 Å². The van der Waals surface area contributed by atoms with Gasteiger partial charge in [0, 0.05) is 5.92 Å². The van der Waals surface area contributed by atoms with Gasteiger partial charge in [0.05, 0.1) is 0 Å².